The van der Waals surface area contributed by atoms with Gasteiger partial charge in [0.1, 0.15) is 0 Å². The van der Waals surface area contributed by atoms with Crippen LogP contribution in [0.25, 0.3) is 0 Å². The van der Waals surface area contributed by atoms with Crippen LogP contribution in [0.4, 0.5) is 0 Å². The van der Waals surface area contributed by atoms with E-state index in [4.69, 9.17) is 4.74 Å². The molecule has 0 spiro atoms. The number of hydrogen-bond donors (Lipinski definition) is 1. The molecule has 1 atom stereocenters. The molecule has 20 heavy (non-hydrogen) atoms. The number of aromatic nitrogens is 3. The van der Waals surface area contributed by atoms with Crippen LogP contribution in [0.15, 0.2) is 24.4 Å². The van der Waals surface area contributed by atoms with Gasteiger partial charge in [0.05, 0.1) is 12.8 Å². The number of rotatable bonds is 6. The van der Waals surface area contributed by atoms with Crippen LogP contribution in [0.1, 0.15) is 29.9 Å². The molecule has 0 amide bonds. The maximum Gasteiger partial charge on any atom is 0.217 e. The molecule has 0 saturated carbocycles. The van der Waals surface area contributed by atoms with Gasteiger partial charge in [-0.3, -0.25) is 4.68 Å². The highest BCUT2D eigenvalue weighted by atomic mass is 16.5. The second-order valence-corrected chi connectivity index (χ2v) is 4.75. The molecule has 0 aliphatic carbocycles. The Bertz CT molecular complexity index is 565. The van der Waals surface area contributed by atoms with Gasteiger partial charge in [0, 0.05) is 37.0 Å². The lowest BCUT2D eigenvalue weighted by molar-refractivity contribution is 0.383. The van der Waals surface area contributed by atoms with E-state index >= 15 is 0 Å². The van der Waals surface area contributed by atoms with E-state index in [0.717, 1.165) is 24.1 Å². The molecule has 0 saturated heterocycles. The Morgan fingerprint density at radius 1 is 1.45 bits per heavy atom. The fourth-order valence-corrected chi connectivity index (χ4v) is 2.35. The third-order valence-corrected chi connectivity index (χ3v) is 3.52. The van der Waals surface area contributed by atoms with Crippen LogP contribution in [-0.2, 0) is 19.9 Å². The van der Waals surface area contributed by atoms with Gasteiger partial charge in [0.15, 0.2) is 0 Å². The summed E-state index contributed by atoms with van der Waals surface area (Å²) in [5, 5.41) is 7.83. The molecule has 2 rings (SSSR count). The van der Waals surface area contributed by atoms with E-state index in [1.807, 2.05) is 30.9 Å². The molecule has 0 bridgehead atoms. The topological polar surface area (TPSA) is 52.0 Å². The molecule has 1 unspecified atom stereocenters. The van der Waals surface area contributed by atoms with Crippen molar-refractivity contribution in [2.45, 2.75) is 25.8 Å². The highest BCUT2D eigenvalue weighted by molar-refractivity contribution is 5.30. The monoisotopic (exact) mass is 274 g/mol. The van der Waals surface area contributed by atoms with Crippen LogP contribution >= 0.6 is 0 Å². The summed E-state index contributed by atoms with van der Waals surface area (Å²) >= 11 is 0. The fourth-order valence-electron chi connectivity index (χ4n) is 2.35. The SMILES string of the molecule is CCc1cc(CC(NC)c2cccnc2OC)n(C)n1. The molecule has 2 aromatic rings. The highest BCUT2D eigenvalue weighted by Gasteiger charge is 2.17. The molecule has 0 fully saturated rings. The maximum absolute atomic E-state index is 5.35. The molecule has 2 heterocycles. The summed E-state index contributed by atoms with van der Waals surface area (Å²) in [5.74, 6) is 0.671. The van der Waals surface area contributed by atoms with Crippen LogP contribution < -0.4 is 10.1 Å². The van der Waals surface area contributed by atoms with E-state index in [-0.39, 0.29) is 6.04 Å². The minimum Gasteiger partial charge on any atom is -0.481 e. The normalized spacial score (nSPS) is 12.4. The van der Waals surface area contributed by atoms with Crippen molar-refractivity contribution < 1.29 is 4.74 Å². The van der Waals surface area contributed by atoms with E-state index in [9.17, 15) is 0 Å². The first-order chi connectivity index (χ1) is 9.69. The largest absolute Gasteiger partial charge is 0.481 e. The van der Waals surface area contributed by atoms with Gasteiger partial charge >= 0.3 is 0 Å². The number of nitrogens with one attached hydrogen (secondary N) is 1. The van der Waals surface area contributed by atoms with Crippen molar-refractivity contribution in [3.05, 3.63) is 41.3 Å². The number of likely N-dealkylation sites (N-methyl/N-ethyl adjacent to an activating group) is 1. The van der Waals surface area contributed by atoms with Crippen molar-refractivity contribution in [1.29, 1.82) is 0 Å². The Balaban J connectivity index is 2.26. The Labute approximate surface area is 120 Å². The predicted molar refractivity (Wildman–Crippen MR) is 78.9 cm³/mol. The number of nitrogens with zero attached hydrogens (tertiary/aromatic N) is 3. The molecule has 5 nitrogen and oxygen atoms in total. The van der Waals surface area contributed by atoms with E-state index in [2.05, 4.69) is 28.4 Å². The van der Waals surface area contributed by atoms with Crippen molar-refractivity contribution in [3.63, 3.8) is 0 Å². The average Bonchev–Trinajstić information content (AvgIpc) is 2.85. The van der Waals surface area contributed by atoms with E-state index in [0.29, 0.717) is 5.88 Å². The van der Waals surface area contributed by atoms with Crippen molar-refractivity contribution in [1.82, 2.24) is 20.1 Å². The standard InChI is InChI=1S/C15H22N4O/c1-5-11-9-12(19(3)18-11)10-14(16-2)13-7-6-8-17-15(13)20-4/h6-9,14,16H,5,10H2,1-4H3. The van der Waals surface area contributed by atoms with Crippen molar-refractivity contribution in [3.8, 4) is 5.88 Å². The minimum atomic E-state index is 0.152. The van der Waals surface area contributed by atoms with E-state index in [1.54, 1.807) is 13.3 Å². The van der Waals surface area contributed by atoms with Crippen LogP contribution in [-0.4, -0.2) is 28.9 Å². The average molecular weight is 274 g/mol. The molecule has 2 aromatic heterocycles. The first-order valence-electron chi connectivity index (χ1n) is 6.87. The van der Waals surface area contributed by atoms with Crippen LogP contribution in [0.3, 0.4) is 0 Å². The lowest BCUT2D eigenvalue weighted by atomic mass is 10.0. The molecule has 108 valence electrons. The summed E-state index contributed by atoms with van der Waals surface area (Å²) in [5.41, 5.74) is 3.39. The van der Waals surface area contributed by atoms with Crippen molar-refractivity contribution in [2.24, 2.45) is 7.05 Å². The summed E-state index contributed by atoms with van der Waals surface area (Å²) in [7, 11) is 5.59. The quantitative estimate of drug-likeness (QED) is 0.874. The van der Waals surface area contributed by atoms with Crippen molar-refractivity contribution in [2.75, 3.05) is 14.2 Å². The van der Waals surface area contributed by atoms with Gasteiger partial charge in [-0.15, -0.1) is 0 Å². The Morgan fingerprint density at radius 3 is 2.85 bits per heavy atom. The van der Waals surface area contributed by atoms with E-state index in [1.165, 1.54) is 5.69 Å². The number of aryl methyl sites for hydroxylation is 2. The molecule has 0 aromatic carbocycles. The summed E-state index contributed by atoms with van der Waals surface area (Å²) in [4.78, 5) is 4.27. The van der Waals surface area contributed by atoms with Gasteiger partial charge in [-0.05, 0) is 25.6 Å². The summed E-state index contributed by atoms with van der Waals surface area (Å²) in [6, 6.07) is 6.29. The second-order valence-electron chi connectivity index (χ2n) is 4.75. The lowest BCUT2D eigenvalue weighted by Crippen LogP contribution is -2.21. The summed E-state index contributed by atoms with van der Waals surface area (Å²) in [6.45, 7) is 2.12. The molecular weight excluding hydrogens is 252 g/mol. The van der Waals surface area contributed by atoms with E-state index < -0.39 is 0 Å². The number of ether oxygens (including phenoxy) is 1. The Morgan fingerprint density at radius 2 is 2.25 bits per heavy atom. The van der Waals surface area contributed by atoms with Crippen molar-refractivity contribution >= 4 is 0 Å². The first kappa shape index (κ1) is 14.5. The lowest BCUT2D eigenvalue weighted by Gasteiger charge is -2.18. The molecule has 1 N–H and O–H groups in total. The van der Waals surface area contributed by atoms with Gasteiger partial charge in [-0.2, -0.15) is 5.10 Å². The summed E-state index contributed by atoms with van der Waals surface area (Å²) < 4.78 is 7.30. The van der Waals surface area contributed by atoms with Gasteiger partial charge in [0.25, 0.3) is 0 Å². The molecule has 5 heteroatoms. The smallest absolute Gasteiger partial charge is 0.217 e. The third kappa shape index (κ3) is 2.99. The number of hydrogen-bond acceptors (Lipinski definition) is 4. The minimum absolute atomic E-state index is 0.152. The van der Waals surface area contributed by atoms with Crippen LogP contribution in [0, 0.1) is 0 Å². The van der Waals surface area contributed by atoms with Gasteiger partial charge < -0.3 is 10.1 Å². The number of methoxy groups -OCH3 is 1. The predicted octanol–water partition coefficient (Wildman–Crippen LogP) is 1.89. The second kappa shape index (κ2) is 6.52. The van der Waals surface area contributed by atoms with Gasteiger partial charge in [0.2, 0.25) is 5.88 Å². The zero-order chi connectivity index (χ0) is 14.5. The fraction of sp³-hybridized carbons (Fsp3) is 0.467. The molecular formula is C15H22N4O. The Hall–Kier alpha value is -1.88. The number of pyridine rings is 1. The van der Waals surface area contributed by atoms with Gasteiger partial charge in [-0.1, -0.05) is 13.0 Å². The first-order valence-corrected chi connectivity index (χ1v) is 6.87. The van der Waals surface area contributed by atoms with Gasteiger partial charge in [-0.25, -0.2) is 4.98 Å². The highest BCUT2D eigenvalue weighted by Crippen LogP contribution is 2.25. The van der Waals surface area contributed by atoms with Crippen LogP contribution in [0.2, 0.25) is 0 Å². The molecule has 0 aliphatic heterocycles. The zero-order valence-electron chi connectivity index (χ0n) is 12.6. The van der Waals surface area contributed by atoms with Crippen LogP contribution in [0.5, 0.6) is 5.88 Å². The molecule has 0 aliphatic rings. The third-order valence-electron chi connectivity index (χ3n) is 3.52. The Kier molecular flexibility index (Phi) is 4.74. The zero-order valence-corrected chi connectivity index (χ0v) is 12.6. The summed E-state index contributed by atoms with van der Waals surface area (Å²) in [6.07, 6.45) is 3.55. The maximum atomic E-state index is 5.35. The molecule has 0 radical (unpaired) electrons.